The molecule has 0 amide bonds. The number of piperazine rings is 1. The van der Waals surface area contributed by atoms with E-state index in [-0.39, 0.29) is 0 Å². The number of benzene rings is 1. The Balaban J connectivity index is 1.52. The van der Waals surface area contributed by atoms with E-state index < -0.39 is 0 Å². The van der Waals surface area contributed by atoms with Crippen molar-refractivity contribution in [3.8, 4) is 0 Å². The van der Waals surface area contributed by atoms with Gasteiger partial charge in [0, 0.05) is 44.7 Å². The van der Waals surface area contributed by atoms with Crippen LogP contribution in [0.3, 0.4) is 0 Å². The van der Waals surface area contributed by atoms with Crippen LogP contribution in [0.5, 0.6) is 0 Å². The van der Waals surface area contributed by atoms with E-state index in [4.69, 9.17) is 0 Å². The van der Waals surface area contributed by atoms with Gasteiger partial charge in [0.2, 0.25) is 0 Å². The van der Waals surface area contributed by atoms with Gasteiger partial charge >= 0.3 is 0 Å². The number of nitrogens with one attached hydrogen (secondary N) is 1. The molecule has 0 radical (unpaired) electrons. The highest BCUT2D eigenvalue weighted by molar-refractivity contribution is 7.11. The molecule has 0 atom stereocenters. The third kappa shape index (κ3) is 3.05. The molecule has 1 aliphatic heterocycles. The molecule has 5 heteroatoms. The maximum atomic E-state index is 4.45. The molecular formula is C14H20N4S. The third-order valence-electron chi connectivity index (χ3n) is 3.69. The lowest BCUT2D eigenvalue weighted by Crippen LogP contribution is -2.45. The minimum atomic E-state index is 0.996. The Morgan fingerprint density at radius 3 is 2.84 bits per heavy atom. The predicted molar refractivity (Wildman–Crippen MR) is 82.0 cm³/mol. The van der Waals surface area contributed by atoms with Gasteiger partial charge in [0.25, 0.3) is 0 Å². The maximum Gasteiger partial charge on any atom is 0.117 e. The molecule has 0 saturated carbocycles. The molecule has 2 aromatic rings. The van der Waals surface area contributed by atoms with Crippen LogP contribution in [-0.4, -0.2) is 60.5 Å². The Kier molecular flexibility index (Phi) is 3.96. The zero-order valence-corrected chi connectivity index (χ0v) is 12.1. The summed E-state index contributed by atoms with van der Waals surface area (Å²) in [5.41, 5.74) is 1.09. The first kappa shape index (κ1) is 12.8. The second-order valence-corrected chi connectivity index (χ2v) is 5.87. The van der Waals surface area contributed by atoms with Crippen molar-refractivity contribution in [2.24, 2.45) is 0 Å². The van der Waals surface area contributed by atoms with Gasteiger partial charge in [-0.3, -0.25) is 4.90 Å². The third-order valence-corrected chi connectivity index (χ3v) is 4.53. The number of nitrogens with zero attached hydrogens (tertiary/aromatic N) is 3. The van der Waals surface area contributed by atoms with E-state index in [1.165, 1.54) is 36.6 Å². The van der Waals surface area contributed by atoms with Crippen LogP contribution in [0.15, 0.2) is 24.3 Å². The van der Waals surface area contributed by atoms with E-state index in [0.717, 1.165) is 18.6 Å². The monoisotopic (exact) mass is 276 g/mol. The van der Waals surface area contributed by atoms with Crippen molar-refractivity contribution in [3.05, 3.63) is 24.3 Å². The van der Waals surface area contributed by atoms with Crippen molar-refractivity contribution in [1.82, 2.24) is 14.2 Å². The highest BCUT2D eigenvalue weighted by atomic mass is 32.1. The summed E-state index contributed by atoms with van der Waals surface area (Å²) in [5.74, 6) is 0. The van der Waals surface area contributed by atoms with Gasteiger partial charge in [0.15, 0.2) is 0 Å². The highest BCUT2D eigenvalue weighted by Crippen LogP contribution is 2.26. The van der Waals surface area contributed by atoms with E-state index in [0.29, 0.717) is 0 Å². The van der Waals surface area contributed by atoms with Crippen LogP contribution in [-0.2, 0) is 0 Å². The molecule has 1 fully saturated rings. The quantitative estimate of drug-likeness (QED) is 0.925. The SMILES string of the molecule is CN1CCN(CCNc2snc3ccccc23)CC1. The van der Waals surface area contributed by atoms with E-state index in [1.54, 1.807) is 11.5 Å². The molecule has 0 aliphatic carbocycles. The van der Waals surface area contributed by atoms with Crippen LogP contribution in [0.25, 0.3) is 10.9 Å². The maximum absolute atomic E-state index is 4.45. The highest BCUT2D eigenvalue weighted by Gasteiger charge is 2.13. The summed E-state index contributed by atoms with van der Waals surface area (Å²) in [5, 5.41) is 5.97. The average molecular weight is 276 g/mol. The molecule has 1 aliphatic rings. The van der Waals surface area contributed by atoms with Gasteiger partial charge in [-0.15, -0.1) is 0 Å². The minimum absolute atomic E-state index is 0.996. The summed E-state index contributed by atoms with van der Waals surface area (Å²) < 4.78 is 4.45. The molecule has 2 heterocycles. The van der Waals surface area contributed by atoms with Gasteiger partial charge in [-0.05, 0) is 30.7 Å². The standard InChI is InChI=1S/C14H20N4S/c1-17-8-10-18(11-9-17)7-6-15-14-12-4-2-3-5-13(12)16-19-14/h2-5,15H,6-11H2,1H3. The number of rotatable bonds is 4. The lowest BCUT2D eigenvalue weighted by molar-refractivity contribution is 0.158. The van der Waals surface area contributed by atoms with Crippen LogP contribution in [0, 0.1) is 0 Å². The van der Waals surface area contributed by atoms with E-state index in [2.05, 4.69) is 44.7 Å². The fourth-order valence-corrected chi connectivity index (χ4v) is 3.20. The topological polar surface area (TPSA) is 31.4 Å². The van der Waals surface area contributed by atoms with Gasteiger partial charge in [0.1, 0.15) is 5.00 Å². The Labute approximate surface area is 118 Å². The molecule has 4 nitrogen and oxygen atoms in total. The van der Waals surface area contributed by atoms with Crippen molar-refractivity contribution in [2.75, 3.05) is 51.6 Å². The molecule has 1 N–H and O–H groups in total. The van der Waals surface area contributed by atoms with Crippen molar-refractivity contribution < 1.29 is 0 Å². The van der Waals surface area contributed by atoms with Crippen LogP contribution < -0.4 is 5.32 Å². The molecule has 3 rings (SSSR count). The predicted octanol–water partition coefficient (Wildman–Crippen LogP) is 1.96. The molecule has 0 bridgehead atoms. The van der Waals surface area contributed by atoms with Gasteiger partial charge in [-0.1, -0.05) is 12.1 Å². The van der Waals surface area contributed by atoms with Crippen LogP contribution >= 0.6 is 11.5 Å². The Morgan fingerprint density at radius 1 is 1.21 bits per heavy atom. The van der Waals surface area contributed by atoms with Gasteiger partial charge in [-0.2, -0.15) is 4.37 Å². The Hall–Kier alpha value is -1.17. The van der Waals surface area contributed by atoms with Crippen LogP contribution in [0.4, 0.5) is 5.00 Å². The molecule has 0 unspecified atom stereocenters. The van der Waals surface area contributed by atoms with Crippen molar-refractivity contribution in [1.29, 1.82) is 0 Å². The second-order valence-electron chi connectivity index (χ2n) is 5.10. The summed E-state index contributed by atoms with van der Waals surface area (Å²) in [6.45, 7) is 6.84. The summed E-state index contributed by atoms with van der Waals surface area (Å²) >= 11 is 1.56. The molecular weight excluding hydrogens is 256 g/mol. The number of fused-ring (bicyclic) bond motifs is 1. The summed E-state index contributed by atoms with van der Waals surface area (Å²) in [7, 11) is 2.19. The number of aromatic nitrogens is 1. The smallest absolute Gasteiger partial charge is 0.117 e. The average Bonchev–Trinajstić information content (AvgIpc) is 2.85. The van der Waals surface area contributed by atoms with Gasteiger partial charge in [-0.25, -0.2) is 0 Å². The normalized spacial score (nSPS) is 17.9. The molecule has 19 heavy (non-hydrogen) atoms. The van der Waals surface area contributed by atoms with Crippen molar-refractivity contribution >= 4 is 27.4 Å². The molecule has 1 aromatic heterocycles. The fourth-order valence-electron chi connectivity index (χ4n) is 2.42. The van der Waals surface area contributed by atoms with Crippen LogP contribution in [0.2, 0.25) is 0 Å². The molecule has 1 aromatic carbocycles. The molecule has 102 valence electrons. The molecule has 0 spiro atoms. The first-order valence-electron chi connectivity index (χ1n) is 6.82. The summed E-state index contributed by atoms with van der Waals surface area (Å²) in [6.07, 6.45) is 0. The minimum Gasteiger partial charge on any atom is -0.374 e. The Morgan fingerprint density at radius 2 is 2.00 bits per heavy atom. The zero-order valence-electron chi connectivity index (χ0n) is 11.3. The summed E-state index contributed by atoms with van der Waals surface area (Å²) in [4.78, 5) is 4.91. The number of likely N-dealkylation sites (N-methyl/N-ethyl adjacent to an activating group) is 1. The fraction of sp³-hybridized carbons (Fsp3) is 0.500. The number of hydrogen-bond acceptors (Lipinski definition) is 5. The molecule has 1 saturated heterocycles. The second kappa shape index (κ2) is 5.86. The van der Waals surface area contributed by atoms with Crippen molar-refractivity contribution in [3.63, 3.8) is 0 Å². The summed E-state index contributed by atoms with van der Waals surface area (Å²) in [6, 6.07) is 8.31. The van der Waals surface area contributed by atoms with Gasteiger partial charge in [0.05, 0.1) is 5.52 Å². The van der Waals surface area contributed by atoms with E-state index in [9.17, 15) is 0 Å². The van der Waals surface area contributed by atoms with Crippen molar-refractivity contribution in [2.45, 2.75) is 0 Å². The van der Waals surface area contributed by atoms with Gasteiger partial charge < -0.3 is 10.2 Å². The zero-order chi connectivity index (χ0) is 13.1. The lowest BCUT2D eigenvalue weighted by atomic mass is 10.2. The lowest BCUT2D eigenvalue weighted by Gasteiger charge is -2.32. The number of anilines is 1. The van der Waals surface area contributed by atoms with Crippen LogP contribution in [0.1, 0.15) is 0 Å². The first-order chi connectivity index (χ1) is 9.33. The van der Waals surface area contributed by atoms with E-state index in [1.807, 2.05) is 6.07 Å². The Bertz CT molecular complexity index is 531. The first-order valence-corrected chi connectivity index (χ1v) is 7.59. The van der Waals surface area contributed by atoms with E-state index >= 15 is 0 Å². The largest absolute Gasteiger partial charge is 0.374 e. The number of hydrogen-bond donors (Lipinski definition) is 1.